The zero-order valence-electron chi connectivity index (χ0n) is 15.0. The number of guanidine groups is 1. The molecular formula is C20H19N5O2. The Morgan fingerprint density at radius 3 is 2.67 bits per heavy atom. The van der Waals surface area contributed by atoms with E-state index in [4.69, 9.17) is 10.7 Å². The molecule has 0 radical (unpaired) electrons. The molecule has 3 aromatic rings. The molecule has 0 unspecified atom stereocenters. The number of carbonyl (C=O) groups excluding carboxylic acids is 2. The van der Waals surface area contributed by atoms with Crippen molar-refractivity contribution in [3.05, 3.63) is 54.1 Å². The lowest BCUT2D eigenvalue weighted by Crippen LogP contribution is -2.29. The molecule has 27 heavy (non-hydrogen) atoms. The minimum Gasteiger partial charge on any atom is -0.369 e. The molecule has 0 atom stereocenters. The van der Waals surface area contributed by atoms with Gasteiger partial charge in [-0.05, 0) is 36.8 Å². The fourth-order valence-corrected chi connectivity index (χ4v) is 2.80. The van der Waals surface area contributed by atoms with E-state index in [0.717, 1.165) is 22.2 Å². The van der Waals surface area contributed by atoms with Crippen LogP contribution in [0.25, 0.3) is 22.2 Å². The molecule has 0 fully saturated rings. The van der Waals surface area contributed by atoms with Crippen LogP contribution in [0.3, 0.4) is 0 Å². The van der Waals surface area contributed by atoms with Crippen LogP contribution in [0.15, 0.2) is 53.5 Å². The third-order valence-electron chi connectivity index (χ3n) is 3.98. The Morgan fingerprint density at radius 2 is 1.96 bits per heavy atom. The van der Waals surface area contributed by atoms with Crippen molar-refractivity contribution < 1.29 is 9.59 Å². The minimum atomic E-state index is -0.165. The van der Waals surface area contributed by atoms with E-state index in [2.05, 4.69) is 15.6 Å². The minimum absolute atomic E-state index is 0.0147. The first-order chi connectivity index (χ1) is 13.0. The third-order valence-corrected chi connectivity index (χ3v) is 3.98. The first kappa shape index (κ1) is 18.1. The maximum atomic E-state index is 11.4. The average molecular weight is 361 g/mol. The number of fused-ring (bicyclic) bond motifs is 1. The van der Waals surface area contributed by atoms with Crippen molar-refractivity contribution >= 4 is 40.6 Å². The zero-order chi connectivity index (χ0) is 19.4. The van der Waals surface area contributed by atoms with Crippen molar-refractivity contribution in [1.29, 1.82) is 0 Å². The molecule has 0 saturated heterocycles. The summed E-state index contributed by atoms with van der Waals surface area (Å²) in [5.41, 5.74) is 10.4. The number of aliphatic imine (C=N–C) groups is 1. The van der Waals surface area contributed by atoms with Crippen molar-refractivity contribution in [1.82, 2.24) is 10.3 Å². The fourth-order valence-electron chi connectivity index (χ4n) is 2.80. The van der Waals surface area contributed by atoms with Gasteiger partial charge in [-0.15, -0.1) is 0 Å². The van der Waals surface area contributed by atoms with Gasteiger partial charge in [-0.25, -0.2) is 9.98 Å². The van der Waals surface area contributed by atoms with Gasteiger partial charge >= 0.3 is 0 Å². The quantitative estimate of drug-likeness (QED) is 0.377. The molecule has 1 heterocycles. The molecule has 2 amide bonds. The summed E-state index contributed by atoms with van der Waals surface area (Å²) in [6, 6.07) is 15.0. The number of rotatable bonds is 4. The van der Waals surface area contributed by atoms with Crippen LogP contribution in [-0.4, -0.2) is 23.3 Å². The number of hydrogen-bond acceptors (Lipinski definition) is 4. The van der Waals surface area contributed by atoms with Crippen molar-refractivity contribution in [3.63, 3.8) is 0 Å². The molecule has 4 N–H and O–H groups in total. The lowest BCUT2D eigenvalue weighted by atomic mass is 10.0. The fraction of sp³-hybridized carbons (Fsp3) is 0.100. The highest BCUT2D eigenvalue weighted by Crippen LogP contribution is 2.32. The van der Waals surface area contributed by atoms with E-state index in [-0.39, 0.29) is 11.9 Å². The molecule has 0 spiro atoms. The Morgan fingerprint density at radius 1 is 1.19 bits per heavy atom. The lowest BCUT2D eigenvalue weighted by molar-refractivity contribution is -0.114. The number of benzene rings is 2. The van der Waals surface area contributed by atoms with E-state index in [1.165, 1.54) is 6.92 Å². The van der Waals surface area contributed by atoms with Gasteiger partial charge in [0, 0.05) is 23.6 Å². The number of aryl methyl sites for hydroxylation is 1. The number of hydrogen-bond donors (Lipinski definition) is 3. The molecule has 0 saturated carbocycles. The number of aromatic nitrogens is 1. The molecule has 136 valence electrons. The summed E-state index contributed by atoms with van der Waals surface area (Å²) in [5.74, 6) is -0.179. The lowest BCUT2D eigenvalue weighted by Gasteiger charge is -2.11. The predicted molar refractivity (Wildman–Crippen MR) is 107 cm³/mol. The van der Waals surface area contributed by atoms with Gasteiger partial charge in [0.25, 0.3) is 0 Å². The summed E-state index contributed by atoms with van der Waals surface area (Å²) in [6.45, 7) is 3.45. The van der Waals surface area contributed by atoms with E-state index in [0.29, 0.717) is 23.3 Å². The highest BCUT2D eigenvalue weighted by Gasteiger charge is 2.11. The van der Waals surface area contributed by atoms with Gasteiger partial charge in [-0.2, -0.15) is 0 Å². The third kappa shape index (κ3) is 4.09. The van der Waals surface area contributed by atoms with E-state index in [1.54, 1.807) is 12.1 Å². The number of anilines is 1. The van der Waals surface area contributed by atoms with Crippen LogP contribution in [-0.2, 0) is 9.59 Å². The topological polar surface area (TPSA) is 109 Å². The highest BCUT2D eigenvalue weighted by molar-refractivity contribution is 5.99. The molecule has 1 aromatic heterocycles. The van der Waals surface area contributed by atoms with Crippen molar-refractivity contribution in [2.75, 3.05) is 5.32 Å². The van der Waals surface area contributed by atoms with Crippen molar-refractivity contribution in [2.45, 2.75) is 13.8 Å². The number of pyridine rings is 1. The largest absolute Gasteiger partial charge is 0.369 e. The second-order valence-electron chi connectivity index (χ2n) is 6.01. The number of nitrogens with one attached hydrogen (secondary N) is 2. The molecule has 0 aliphatic rings. The normalized spacial score (nSPS) is 11.3. The van der Waals surface area contributed by atoms with Gasteiger partial charge < -0.3 is 11.1 Å². The van der Waals surface area contributed by atoms with E-state index < -0.39 is 0 Å². The summed E-state index contributed by atoms with van der Waals surface area (Å²) in [6.07, 6.45) is 0.472. The molecule has 0 bridgehead atoms. The summed E-state index contributed by atoms with van der Waals surface area (Å²) in [5, 5.41) is 5.83. The van der Waals surface area contributed by atoms with Gasteiger partial charge in [-0.1, -0.05) is 24.3 Å². The summed E-state index contributed by atoms with van der Waals surface area (Å²) < 4.78 is 0. The first-order valence-corrected chi connectivity index (χ1v) is 8.30. The van der Waals surface area contributed by atoms with Crippen LogP contribution in [0, 0.1) is 6.92 Å². The predicted octanol–water partition coefficient (Wildman–Crippen LogP) is 2.86. The van der Waals surface area contributed by atoms with Crippen LogP contribution in [0.4, 0.5) is 11.4 Å². The Kier molecular flexibility index (Phi) is 5.12. The van der Waals surface area contributed by atoms with Crippen LogP contribution >= 0.6 is 0 Å². The van der Waals surface area contributed by atoms with Crippen molar-refractivity contribution in [3.8, 4) is 11.3 Å². The molecule has 0 aliphatic heterocycles. The zero-order valence-corrected chi connectivity index (χ0v) is 15.0. The van der Waals surface area contributed by atoms with Crippen LogP contribution in [0.1, 0.15) is 12.5 Å². The molecule has 7 heteroatoms. The Labute approximate surface area is 156 Å². The second-order valence-corrected chi connectivity index (χ2v) is 6.01. The summed E-state index contributed by atoms with van der Waals surface area (Å²) >= 11 is 0. The molecular weight excluding hydrogens is 342 g/mol. The second kappa shape index (κ2) is 7.65. The SMILES string of the molecule is CC(=O)Nc1ccc2c(N=C(N)NC=O)cc(-c3ccccc3C)nc2c1. The van der Waals surface area contributed by atoms with E-state index >= 15 is 0 Å². The Balaban J connectivity index is 2.24. The number of nitrogens with zero attached hydrogens (tertiary/aromatic N) is 2. The van der Waals surface area contributed by atoms with Gasteiger partial charge in [0.2, 0.25) is 12.3 Å². The Bertz CT molecular complexity index is 1060. The van der Waals surface area contributed by atoms with Gasteiger partial charge in [-0.3, -0.25) is 14.9 Å². The van der Waals surface area contributed by atoms with Crippen LogP contribution < -0.4 is 16.4 Å². The molecule has 7 nitrogen and oxygen atoms in total. The maximum absolute atomic E-state index is 11.4. The summed E-state index contributed by atoms with van der Waals surface area (Å²) in [7, 11) is 0. The average Bonchev–Trinajstić information content (AvgIpc) is 2.61. The smallest absolute Gasteiger partial charge is 0.221 e. The van der Waals surface area contributed by atoms with Gasteiger partial charge in [0.15, 0.2) is 5.96 Å². The molecule has 3 rings (SSSR count). The maximum Gasteiger partial charge on any atom is 0.221 e. The van der Waals surface area contributed by atoms with E-state index in [9.17, 15) is 9.59 Å². The standard InChI is InChI=1S/C20H19N5O2/c1-12-5-3-4-6-15(12)18-10-19(25-20(21)22-11-26)16-8-7-14(23-13(2)27)9-17(16)24-18/h3-11H,1-2H3,(H,23,27)(H3,21,22,24,25,26). The first-order valence-electron chi connectivity index (χ1n) is 8.30. The molecule has 2 aromatic carbocycles. The monoisotopic (exact) mass is 361 g/mol. The van der Waals surface area contributed by atoms with E-state index in [1.807, 2.05) is 43.3 Å². The highest BCUT2D eigenvalue weighted by atomic mass is 16.1. The van der Waals surface area contributed by atoms with Crippen LogP contribution in [0.5, 0.6) is 0 Å². The van der Waals surface area contributed by atoms with Gasteiger partial charge in [0.1, 0.15) is 0 Å². The Hall–Kier alpha value is -3.74. The summed E-state index contributed by atoms with van der Waals surface area (Å²) in [4.78, 5) is 31.0. The molecule has 0 aliphatic carbocycles. The van der Waals surface area contributed by atoms with Crippen molar-refractivity contribution in [2.24, 2.45) is 10.7 Å². The number of carbonyl (C=O) groups is 2. The number of nitrogens with two attached hydrogens (primary N) is 1. The van der Waals surface area contributed by atoms with Crippen LogP contribution in [0.2, 0.25) is 0 Å². The number of amides is 2. The van der Waals surface area contributed by atoms with Gasteiger partial charge in [0.05, 0.1) is 16.9 Å².